The van der Waals surface area contributed by atoms with Gasteiger partial charge < -0.3 is 10.5 Å². The SMILES string of the molecule is NC(=O)c1c(Cc2ccc(I)cc2F)cc(F)cc1Oc1cccc(CC(=O)c2csnn2)c1. The molecule has 0 aliphatic carbocycles. The molecule has 0 aliphatic rings. The van der Waals surface area contributed by atoms with Gasteiger partial charge in [0, 0.05) is 27.9 Å². The minimum Gasteiger partial charge on any atom is -0.456 e. The van der Waals surface area contributed by atoms with Crippen molar-refractivity contribution in [2.45, 2.75) is 12.8 Å². The number of amides is 1. The van der Waals surface area contributed by atoms with Crippen LogP contribution >= 0.6 is 34.1 Å². The molecule has 0 fully saturated rings. The predicted octanol–water partition coefficient (Wildman–Crippen LogP) is 5.33. The zero-order valence-electron chi connectivity index (χ0n) is 17.4. The largest absolute Gasteiger partial charge is 0.456 e. The minimum absolute atomic E-state index is 0.0469. The smallest absolute Gasteiger partial charge is 0.252 e. The molecule has 0 atom stereocenters. The lowest BCUT2D eigenvalue weighted by molar-refractivity contribution is 0.0983. The van der Waals surface area contributed by atoms with Crippen molar-refractivity contribution in [2.75, 3.05) is 0 Å². The fourth-order valence-electron chi connectivity index (χ4n) is 3.41. The molecule has 0 saturated heterocycles. The summed E-state index contributed by atoms with van der Waals surface area (Å²) in [7, 11) is 0. The number of ether oxygens (including phenoxy) is 1. The van der Waals surface area contributed by atoms with Crippen LogP contribution in [0, 0.1) is 15.2 Å². The van der Waals surface area contributed by atoms with Crippen LogP contribution in [0.2, 0.25) is 0 Å². The molecule has 0 saturated carbocycles. The molecule has 10 heteroatoms. The van der Waals surface area contributed by atoms with Crippen LogP contribution in [0.3, 0.4) is 0 Å². The van der Waals surface area contributed by atoms with Gasteiger partial charge in [-0.1, -0.05) is 22.7 Å². The summed E-state index contributed by atoms with van der Waals surface area (Å²) in [6, 6.07) is 13.4. The van der Waals surface area contributed by atoms with Gasteiger partial charge in [-0.15, -0.1) is 5.10 Å². The lowest BCUT2D eigenvalue weighted by Crippen LogP contribution is -2.16. The Morgan fingerprint density at radius 2 is 1.88 bits per heavy atom. The first-order valence-corrected chi connectivity index (χ1v) is 11.8. The Hall–Kier alpha value is -3.25. The van der Waals surface area contributed by atoms with Crippen LogP contribution in [0.25, 0.3) is 0 Å². The van der Waals surface area contributed by atoms with Crippen LogP contribution in [-0.2, 0) is 12.8 Å². The highest BCUT2D eigenvalue weighted by Crippen LogP contribution is 2.31. The molecule has 0 unspecified atom stereocenters. The molecule has 6 nitrogen and oxygen atoms in total. The van der Waals surface area contributed by atoms with E-state index in [9.17, 15) is 18.4 Å². The number of Topliss-reactive ketones (excluding diaryl/α,β-unsaturated/α-hetero) is 1. The van der Waals surface area contributed by atoms with E-state index < -0.39 is 17.5 Å². The second-order valence-corrected chi connectivity index (χ2v) is 9.21. The summed E-state index contributed by atoms with van der Waals surface area (Å²) in [5.74, 6) is -2.00. The Bertz CT molecular complexity index is 1380. The molecule has 0 bridgehead atoms. The van der Waals surface area contributed by atoms with Crippen LogP contribution in [0.4, 0.5) is 8.78 Å². The van der Waals surface area contributed by atoms with E-state index in [1.807, 2.05) is 22.6 Å². The zero-order chi connectivity index (χ0) is 24.2. The Labute approximate surface area is 211 Å². The molecule has 34 heavy (non-hydrogen) atoms. The number of ketones is 1. The predicted molar refractivity (Wildman–Crippen MR) is 131 cm³/mol. The number of primary amides is 1. The summed E-state index contributed by atoms with van der Waals surface area (Å²) in [6.45, 7) is 0. The maximum absolute atomic E-state index is 14.5. The third kappa shape index (κ3) is 5.62. The van der Waals surface area contributed by atoms with Gasteiger partial charge in [-0.05, 0) is 81.1 Å². The van der Waals surface area contributed by atoms with E-state index in [4.69, 9.17) is 10.5 Å². The number of nitrogens with two attached hydrogens (primary N) is 1. The fraction of sp³-hybridized carbons (Fsp3) is 0.0833. The lowest BCUT2D eigenvalue weighted by Gasteiger charge is -2.15. The molecule has 0 aliphatic heterocycles. The zero-order valence-corrected chi connectivity index (χ0v) is 20.4. The van der Waals surface area contributed by atoms with Crippen molar-refractivity contribution in [3.05, 3.63) is 103 Å². The maximum atomic E-state index is 14.5. The van der Waals surface area contributed by atoms with Gasteiger partial charge in [0.05, 0.1) is 5.56 Å². The summed E-state index contributed by atoms with van der Waals surface area (Å²) >= 11 is 3.07. The molecule has 1 aromatic heterocycles. The van der Waals surface area contributed by atoms with E-state index in [1.165, 1.54) is 6.07 Å². The van der Waals surface area contributed by atoms with Gasteiger partial charge in [0.15, 0.2) is 5.78 Å². The molecule has 3 aromatic carbocycles. The van der Waals surface area contributed by atoms with Gasteiger partial charge in [-0.2, -0.15) is 0 Å². The summed E-state index contributed by atoms with van der Waals surface area (Å²) in [5.41, 5.74) is 6.93. The number of nitrogens with zero attached hydrogens (tertiary/aromatic N) is 2. The number of hydrogen-bond donors (Lipinski definition) is 1. The Kier molecular flexibility index (Phi) is 7.27. The van der Waals surface area contributed by atoms with Crippen LogP contribution < -0.4 is 10.5 Å². The Morgan fingerprint density at radius 3 is 2.59 bits per heavy atom. The van der Waals surface area contributed by atoms with Crippen molar-refractivity contribution >= 4 is 45.8 Å². The molecule has 4 rings (SSSR count). The quantitative estimate of drug-likeness (QED) is 0.221. The molecule has 0 radical (unpaired) electrons. The third-order valence-corrected chi connectivity index (χ3v) is 6.10. The van der Waals surface area contributed by atoms with Crippen LogP contribution in [0.5, 0.6) is 11.5 Å². The number of benzene rings is 3. The average molecular weight is 591 g/mol. The van der Waals surface area contributed by atoms with E-state index in [0.717, 1.165) is 23.7 Å². The van der Waals surface area contributed by atoms with Gasteiger partial charge in [0.2, 0.25) is 0 Å². The number of carbonyl (C=O) groups excluding carboxylic acids is 2. The highest BCUT2D eigenvalue weighted by atomic mass is 127. The topological polar surface area (TPSA) is 95.2 Å². The first-order valence-electron chi connectivity index (χ1n) is 9.93. The molecule has 1 amide bonds. The average Bonchev–Trinajstić information content (AvgIpc) is 3.31. The van der Waals surface area contributed by atoms with Gasteiger partial charge in [-0.3, -0.25) is 9.59 Å². The summed E-state index contributed by atoms with van der Waals surface area (Å²) in [5, 5.41) is 5.33. The van der Waals surface area contributed by atoms with Crippen LogP contribution in [0.1, 0.15) is 37.5 Å². The Balaban J connectivity index is 1.64. The molecule has 1 heterocycles. The normalized spacial score (nSPS) is 10.8. The van der Waals surface area contributed by atoms with Crippen molar-refractivity contribution in [2.24, 2.45) is 5.73 Å². The van der Waals surface area contributed by atoms with Crippen molar-refractivity contribution in [1.29, 1.82) is 0 Å². The highest BCUT2D eigenvalue weighted by molar-refractivity contribution is 14.1. The van der Waals surface area contributed by atoms with Gasteiger partial charge in [0.1, 0.15) is 28.8 Å². The molecular formula is C24H16F2IN3O3S. The standard InChI is InChI=1S/C24H16F2IN3O3S/c25-16-9-15(8-14-4-5-17(27)11-19(14)26)23(24(28)32)22(10-16)33-18-3-1-2-13(6-18)7-21(31)20-12-34-30-29-20/h1-6,9-12H,7-8H2,(H2,28,32). The monoisotopic (exact) mass is 591 g/mol. The molecule has 0 spiro atoms. The number of rotatable bonds is 8. The van der Waals surface area contributed by atoms with Crippen LogP contribution in [0.15, 0.2) is 60.0 Å². The summed E-state index contributed by atoms with van der Waals surface area (Å²) < 4.78 is 39.1. The van der Waals surface area contributed by atoms with E-state index in [2.05, 4.69) is 9.59 Å². The van der Waals surface area contributed by atoms with E-state index in [1.54, 1.807) is 41.8 Å². The second-order valence-electron chi connectivity index (χ2n) is 7.35. The maximum Gasteiger partial charge on any atom is 0.252 e. The fourth-order valence-corrected chi connectivity index (χ4v) is 4.33. The molecular weight excluding hydrogens is 575 g/mol. The molecule has 4 aromatic rings. The second kappa shape index (κ2) is 10.3. The van der Waals surface area contributed by atoms with Crippen molar-refractivity contribution in [1.82, 2.24) is 9.59 Å². The summed E-state index contributed by atoms with van der Waals surface area (Å²) in [6.07, 6.45) is 0.0111. The first kappa shape index (κ1) is 23.9. The van der Waals surface area contributed by atoms with Gasteiger partial charge in [0.25, 0.3) is 5.91 Å². The first-order chi connectivity index (χ1) is 16.3. The molecule has 172 valence electrons. The van der Waals surface area contributed by atoms with Gasteiger partial charge in [-0.25, -0.2) is 8.78 Å². The van der Waals surface area contributed by atoms with Gasteiger partial charge >= 0.3 is 0 Å². The minimum atomic E-state index is -0.835. The van der Waals surface area contributed by atoms with E-state index >= 15 is 0 Å². The Morgan fingerprint density at radius 1 is 1.06 bits per heavy atom. The highest BCUT2D eigenvalue weighted by Gasteiger charge is 2.20. The van der Waals surface area contributed by atoms with E-state index in [-0.39, 0.29) is 52.5 Å². The van der Waals surface area contributed by atoms with Crippen molar-refractivity contribution in [3.63, 3.8) is 0 Å². The van der Waals surface area contributed by atoms with Crippen molar-refractivity contribution in [3.8, 4) is 11.5 Å². The number of hydrogen-bond acceptors (Lipinski definition) is 6. The third-order valence-electron chi connectivity index (χ3n) is 4.93. The van der Waals surface area contributed by atoms with Crippen molar-refractivity contribution < 1.29 is 23.1 Å². The lowest BCUT2D eigenvalue weighted by atomic mass is 9.98. The number of aromatic nitrogens is 2. The van der Waals surface area contributed by atoms with E-state index in [0.29, 0.717) is 9.13 Å². The molecule has 2 N–H and O–H groups in total. The van der Waals surface area contributed by atoms with Crippen LogP contribution in [-0.4, -0.2) is 21.3 Å². The number of halogens is 3. The summed E-state index contributed by atoms with van der Waals surface area (Å²) in [4.78, 5) is 24.6. The number of carbonyl (C=O) groups is 2.